The fourth-order valence-electron chi connectivity index (χ4n) is 2.59. The second kappa shape index (κ2) is 5.51. The Kier molecular flexibility index (Phi) is 4.45. The number of methoxy groups -OCH3 is 1. The zero-order valence-corrected chi connectivity index (χ0v) is 13.1. The summed E-state index contributed by atoms with van der Waals surface area (Å²) < 4.78 is 28.4. The topological polar surface area (TPSA) is 66.4 Å². The summed E-state index contributed by atoms with van der Waals surface area (Å²) in [5.41, 5.74) is -0.402. The van der Waals surface area contributed by atoms with Gasteiger partial charge >= 0.3 is 0 Å². The van der Waals surface area contributed by atoms with Gasteiger partial charge in [0.1, 0.15) is 24.4 Å². The third-order valence-corrected chi connectivity index (χ3v) is 3.26. The van der Waals surface area contributed by atoms with Gasteiger partial charge in [-0.2, -0.15) is 0 Å². The lowest BCUT2D eigenvalue weighted by molar-refractivity contribution is -0.277. The molecule has 2 aliphatic heterocycles. The highest BCUT2D eigenvalue weighted by Crippen LogP contribution is 2.38. The number of rotatable bonds is 3. The molecule has 6 nitrogen and oxygen atoms in total. The molecule has 2 saturated heterocycles. The number of hydrogen-bond donors (Lipinski definition) is 1. The van der Waals surface area contributed by atoms with Crippen molar-refractivity contribution in [3.8, 4) is 0 Å². The van der Waals surface area contributed by atoms with Crippen LogP contribution in [0.5, 0.6) is 0 Å². The van der Waals surface area contributed by atoms with Gasteiger partial charge in [-0.15, -0.1) is 0 Å². The molecule has 0 saturated carbocycles. The molecular formula is C14H26O6. The molecule has 1 N–H and O–H groups in total. The Bertz CT molecular complexity index is 337. The lowest BCUT2D eigenvalue weighted by atomic mass is 9.98. The Morgan fingerprint density at radius 1 is 1.20 bits per heavy atom. The molecule has 20 heavy (non-hydrogen) atoms. The quantitative estimate of drug-likeness (QED) is 0.838. The summed E-state index contributed by atoms with van der Waals surface area (Å²) in [6, 6.07) is 0. The van der Waals surface area contributed by atoms with Crippen LogP contribution in [0.1, 0.15) is 34.6 Å². The van der Waals surface area contributed by atoms with Gasteiger partial charge < -0.3 is 28.8 Å². The fraction of sp³-hybridized carbons (Fsp3) is 1.00. The van der Waals surface area contributed by atoms with Crippen LogP contribution < -0.4 is 0 Å². The highest BCUT2D eigenvalue weighted by Gasteiger charge is 2.55. The Balaban J connectivity index is 2.19. The van der Waals surface area contributed by atoms with Gasteiger partial charge in [-0.25, -0.2) is 0 Å². The summed E-state index contributed by atoms with van der Waals surface area (Å²) in [7, 11) is 1.57. The summed E-state index contributed by atoms with van der Waals surface area (Å²) in [5.74, 6) is -0.753. The predicted octanol–water partition coefficient (Wildman–Crippen LogP) is 1.05. The predicted molar refractivity (Wildman–Crippen MR) is 71.2 cm³/mol. The van der Waals surface area contributed by atoms with Crippen LogP contribution in [0.2, 0.25) is 0 Å². The third-order valence-electron chi connectivity index (χ3n) is 3.26. The van der Waals surface area contributed by atoms with Crippen LogP contribution in [0, 0.1) is 0 Å². The van der Waals surface area contributed by atoms with Crippen LogP contribution in [0.15, 0.2) is 0 Å². The van der Waals surface area contributed by atoms with E-state index in [1.165, 1.54) is 0 Å². The van der Waals surface area contributed by atoms with E-state index in [9.17, 15) is 5.11 Å². The molecule has 0 unspecified atom stereocenters. The summed E-state index contributed by atoms with van der Waals surface area (Å²) in [4.78, 5) is 0. The number of ether oxygens (including phenoxy) is 5. The largest absolute Gasteiger partial charge is 0.387 e. The van der Waals surface area contributed by atoms with Gasteiger partial charge in [-0.05, 0) is 34.6 Å². The van der Waals surface area contributed by atoms with Gasteiger partial charge in [0, 0.05) is 7.11 Å². The highest BCUT2D eigenvalue weighted by atomic mass is 16.8. The van der Waals surface area contributed by atoms with E-state index in [4.69, 9.17) is 23.7 Å². The van der Waals surface area contributed by atoms with Gasteiger partial charge in [0.05, 0.1) is 12.2 Å². The molecule has 0 aromatic rings. The molecule has 5 atom stereocenters. The molecule has 0 aromatic carbocycles. The molecule has 2 fully saturated rings. The first-order valence-corrected chi connectivity index (χ1v) is 6.99. The van der Waals surface area contributed by atoms with E-state index in [1.54, 1.807) is 7.11 Å². The summed E-state index contributed by atoms with van der Waals surface area (Å²) in [6.07, 6.45) is -2.84. The van der Waals surface area contributed by atoms with Crippen molar-refractivity contribution in [1.29, 1.82) is 0 Å². The summed E-state index contributed by atoms with van der Waals surface area (Å²) >= 11 is 0. The molecule has 118 valence electrons. The molecule has 2 aliphatic rings. The van der Waals surface area contributed by atoms with Gasteiger partial charge in [0.2, 0.25) is 0 Å². The van der Waals surface area contributed by atoms with Crippen molar-refractivity contribution in [3.05, 3.63) is 0 Å². The maximum absolute atomic E-state index is 10.5. The minimum absolute atomic E-state index is 0.276. The average Bonchev–Trinajstić information content (AvgIpc) is 2.58. The summed E-state index contributed by atoms with van der Waals surface area (Å²) in [5, 5.41) is 10.5. The minimum Gasteiger partial charge on any atom is -0.387 e. The fourth-order valence-corrected chi connectivity index (χ4v) is 2.59. The van der Waals surface area contributed by atoms with Crippen molar-refractivity contribution in [2.75, 3.05) is 13.7 Å². The van der Waals surface area contributed by atoms with Crippen molar-refractivity contribution < 1.29 is 28.8 Å². The first kappa shape index (κ1) is 16.1. The van der Waals surface area contributed by atoms with E-state index in [0.717, 1.165) is 0 Å². The number of aliphatic hydroxyl groups excluding tert-OH is 1. The zero-order valence-electron chi connectivity index (χ0n) is 13.1. The third kappa shape index (κ3) is 3.50. The maximum atomic E-state index is 10.5. The van der Waals surface area contributed by atoms with E-state index >= 15 is 0 Å². The van der Waals surface area contributed by atoms with Gasteiger partial charge in [-0.3, -0.25) is 0 Å². The zero-order chi connectivity index (χ0) is 15.1. The molecule has 0 amide bonds. The Labute approximate surface area is 120 Å². The monoisotopic (exact) mass is 290 g/mol. The molecular weight excluding hydrogens is 264 g/mol. The number of hydrogen-bond acceptors (Lipinski definition) is 6. The molecule has 2 heterocycles. The van der Waals surface area contributed by atoms with Crippen molar-refractivity contribution in [2.24, 2.45) is 0 Å². The second-order valence-electron chi connectivity index (χ2n) is 6.78. The first-order valence-electron chi connectivity index (χ1n) is 6.99. The lowest BCUT2D eigenvalue weighted by Crippen LogP contribution is -2.60. The highest BCUT2D eigenvalue weighted by molar-refractivity contribution is 4.96. The standard InChI is InChI=1S/C14H26O6/c1-13(2,3)18-10-9(15)8(7-16-6)17-12-11(10)19-14(4,5)20-12/h8-12,15H,7H2,1-6H3/t8-,9+,10+,11-,12-/m1/s1. The summed E-state index contributed by atoms with van der Waals surface area (Å²) in [6.45, 7) is 9.74. The smallest absolute Gasteiger partial charge is 0.190 e. The van der Waals surface area contributed by atoms with Crippen LogP contribution >= 0.6 is 0 Å². The van der Waals surface area contributed by atoms with E-state index in [2.05, 4.69) is 0 Å². The molecule has 0 aliphatic carbocycles. The SMILES string of the molecule is COC[C@H]1O[C@@H]2OC(C)(C)O[C@@H]2[C@@H](OC(C)(C)C)[C@H]1O. The molecule has 0 radical (unpaired) electrons. The molecule has 0 aromatic heterocycles. The second-order valence-corrected chi connectivity index (χ2v) is 6.78. The van der Waals surface area contributed by atoms with Crippen molar-refractivity contribution in [2.45, 2.75) is 76.7 Å². The van der Waals surface area contributed by atoms with Crippen LogP contribution in [-0.2, 0) is 23.7 Å². The van der Waals surface area contributed by atoms with E-state index in [-0.39, 0.29) is 6.61 Å². The van der Waals surface area contributed by atoms with E-state index < -0.39 is 42.1 Å². The Morgan fingerprint density at radius 3 is 2.40 bits per heavy atom. The van der Waals surface area contributed by atoms with Gasteiger partial charge in [0.15, 0.2) is 12.1 Å². The van der Waals surface area contributed by atoms with Gasteiger partial charge in [-0.1, -0.05) is 0 Å². The van der Waals surface area contributed by atoms with E-state index in [0.29, 0.717) is 0 Å². The van der Waals surface area contributed by atoms with E-state index in [1.807, 2.05) is 34.6 Å². The first-order chi connectivity index (χ1) is 9.13. The van der Waals surface area contributed by atoms with Crippen molar-refractivity contribution in [3.63, 3.8) is 0 Å². The normalized spacial score (nSPS) is 40.6. The average molecular weight is 290 g/mol. The molecule has 0 spiro atoms. The molecule has 6 heteroatoms. The minimum atomic E-state index is -0.826. The van der Waals surface area contributed by atoms with Crippen LogP contribution in [0.25, 0.3) is 0 Å². The Morgan fingerprint density at radius 2 is 1.85 bits per heavy atom. The van der Waals surface area contributed by atoms with Crippen molar-refractivity contribution in [1.82, 2.24) is 0 Å². The Hall–Kier alpha value is -0.240. The van der Waals surface area contributed by atoms with Crippen LogP contribution in [0.4, 0.5) is 0 Å². The van der Waals surface area contributed by atoms with Crippen molar-refractivity contribution >= 4 is 0 Å². The maximum Gasteiger partial charge on any atom is 0.190 e. The number of aliphatic hydroxyl groups is 1. The lowest BCUT2D eigenvalue weighted by Gasteiger charge is -2.42. The molecule has 0 bridgehead atoms. The molecule has 2 rings (SSSR count). The van der Waals surface area contributed by atoms with Crippen LogP contribution in [-0.4, -0.2) is 60.9 Å². The van der Waals surface area contributed by atoms with Gasteiger partial charge in [0.25, 0.3) is 0 Å². The number of fused-ring (bicyclic) bond motifs is 1. The van der Waals surface area contributed by atoms with Crippen LogP contribution in [0.3, 0.4) is 0 Å².